The molecule has 0 saturated heterocycles. The molecule has 2 aromatic carbocycles. The van der Waals surface area contributed by atoms with Crippen molar-refractivity contribution in [2.45, 2.75) is 18.4 Å². The molecule has 12 heteroatoms. The van der Waals surface area contributed by atoms with E-state index in [1.54, 1.807) is 12.1 Å². The zero-order valence-corrected chi connectivity index (χ0v) is 23.2. The summed E-state index contributed by atoms with van der Waals surface area (Å²) in [5.74, 6) is 1.14. The number of fused-ring (bicyclic) bond motifs is 1. The monoisotopic (exact) mass is 560 g/mol. The zero-order valence-electron chi connectivity index (χ0n) is 21.6. The van der Waals surface area contributed by atoms with Gasteiger partial charge in [0.05, 0.1) is 37.1 Å². The Hall–Kier alpha value is -4.52. The number of benzene rings is 2. The molecule has 0 atom stereocenters. The first-order valence-corrected chi connectivity index (χ1v) is 13.4. The van der Waals surface area contributed by atoms with Gasteiger partial charge in [0.1, 0.15) is 28.5 Å². The molecule has 0 saturated carbocycles. The Morgan fingerprint density at radius 3 is 2.36 bits per heavy atom. The molecule has 0 aliphatic heterocycles. The van der Waals surface area contributed by atoms with Gasteiger partial charge in [-0.15, -0.1) is 11.8 Å². The van der Waals surface area contributed by atoms with Crippen LogP contribution in [0.1, 0.15) is 23.1 Å². The molecule has 0 spiro atoms. The van der Waals surface area contributed by atoms with Crippen molar-refractivity contribution < 1.29 is 19.0 Å². The highest BCUT2D eigenvalue weighted by Gasteiger charge is 2.24. The molecule has 4 rings (SSSR count). The van der Waals surface area contributed by atoms with Gasteiger partial charge in [-0.3, -0.25) is 4.79 Å². The van der Waals surface area contributed by atoms with Gasteiger partial charge >= 0.3 is 0 Å². The topological polar surface area (TPSA) is 156 Å². The number of nitrogens with two attached hydrogens (primary N) is 1. The molecule has 10 nitrogen and oxygen atoms in total. The molecule has 0 radical (unpaired) electrons. The van der Waals surface area contributed by atoms with Crippen molar-refractivity contribution in [1.82, 2.24) is 9.97 Å². The Labute approximate surface area is 233 Å². The minimum absolute atomic E-state index is 0.0306. The summed E-state index contributed by atoms with van der Waals surface area (Å²) in [5, 5.41) is 23.6. The molecule has 0 aliphatic carbocycles. The van der Waals surface area contributed by atoms with E-state index in [-0.39, 0.29) is 29.3 Å². The molecule has 0 unspecified atom stereocenters. The number of carbonyl (C=O) groups is 1. The number of thiazole rings is 1. The fraction of sp³-hybridized carbons (Fsp3) is 0.222. The lowest BCUT2D eigenvalue weighted by atomic mass is 9.96. The molecule has 0 aliphatic rings. The number of aryl methyl sites for hydroxylation is 1. The lowest BCUT2D eigenvalue weighted by Gasteiger charge is -2.17. The minimum Gasteiger partial charge on any atom is -0.493 e. The summed E-state index contributed by atoms with van der Waals surface area (Å²) in [4.78, 5) is 21.4. The van der Waals surface area contributed by atoms with Crippen LogP contribution < -0.4 is 25.3 Å². The average molecular weight is 561 g/mol. The summed E-state index contributed by atoms with van der Waals surface area (Å²) in [6.07, 6.45) is 0.144. The Morgan fingerprint density at radius 1 is 1.05 bits per heavy atom. The third-order valence-corrected chi connectivity index (χ3v) is 7.64. The molecule has 1 amide bonds. The first kappa shape index (κ1) is 27.5. The van der Waals surface area contributed by atoms with Crippen molar-refractivity contribution in [3.8, 4) is 40.5 Å². The number of anilines is 2. The van der Waals surface area contributed by atoms with E-state index < -0.39 is 0 Å². The van der Waals surface area contributed by atoms with Gasteiger partial charge < -0.3 is 25.3 Å². The number of nitrogens with one attached hydrogen (secondary N) is 1. The fourth-order valence-corrected chi connectivity index (χ4v) is 5.84. The van der Waals surface area contributed by atoms with Crippen LogP contribution in [0.4, 0.5) is 10.9 Å². The van der Waals surface area contributed by atoms with Crippen LogP contribution in [-0.4, -0.2) is 43.0 Å². The molecule has 39 heavy (non-hydrogen) atoms. The van der Waals surface area contributed by atoms with Gasteiger partial charge in [0, 0.05) is 17.7 Å². The van der Waals surface area contributed by atoms with Gasteiger partial charge in [0.2, 0.25) is 11.7 Å². The van der Waals surface area contributed by atoms with Gasteiger partial charge in [-0.25, -0.2) is 9.97 Å². The summed E-state index contributed by atoms with van der Waals surface area (Å²) >= 11 is 2.61. The van der Waals surface area contributed by atoms with Crippen molar-refractivity contribution in [3.63, 3.8) is 0 Å². The number of rotatable bonds is 9. The molecular weight excluding hydrogens is 536 g/mol. The molecule has 0 fully saturated rings. The number of carbonyl (C=O) groups excluding carboxylic acids is 1. The second-order valence-corrected chi connectivity index (χ2v) is 10.3. The number of nitrogen functional groups attached to an aromatic ring is 1. The second kappa shape index (κ2) is 11.9. The van der Waals surface area contributed by atoms with Crippen molar-refractivity contribution in [3.05, 3.63) is 47.0 Å². The van der Waals surface area contributed by atoms with E-state index in [1.165, 1.54) is 44.4 Å². The van der Waals surface area contributed by atoms with E-state index >= 15 is 0 Å². The van der Waals surface area contributed by atoms with E-state index in [9.17, 15) is 15.3 Å². The third-order valence-electron chi connectivity index (χ3n) is 5.73. The summed E-state index contributed by atoms with van der Waals surface area (Å²) in [5.41, 5.74) is 9.06. The minimum atomic E-state index is -0.219. The average Bonchev–Trinajstić information content (AvgIpc) is 3.32. The highest BCUT2D eigenvalue weighted by molar-refractivity contribution is 7.99. The predicted molar refractivity (Wildman–Crippen MR) is 151 cm³/mol. The van der Waals surface area contributed by atoms with Crippen LogP contribution in [0.5, 0.6) is 17.2 Å². The molecule has 198 valence electrons. The predicted octanol–water partition coefficient (Wildman–Crippen LogP) is 5.14. The third kappa shape index (κ3) is 5.67. The number of hydrogen-bond acceptors (Lipinski definition) is 11. The summed E-state index contributed by atoms with van der Waals surface area (Å²) in [6, 6.07) is 13.4. The Kier molecular flexibility index (Phi) is 8.39. The number of pyridine rings is 1. The van der Waals surface area contributed by atoms with Gasteiger partial charge in [0.25, 0.3) is 0 Å². The molecular formula is C27H24N6O4S2. The number of nitriles is 2. The lowest BCUT2D eigenvalue weighted by Crippen LogP contribution is -2.12. The molecule has 3 N–H and O–H groups in total. The second-order valence-electron chi connectivity index (χ2n) is 8.20. The van der Waals surface area contributed by atoms with Crippen LogP contribution in [0, 0.1) is 29.6 Å². The van der Waals surface area contributed by atoms with Crippen LogP contribution in [0.2, 0.25) is 0 Å². The fourth-order valence-electron chi connectivity index (χ4n) is 3.92. The number of amides is 1. The first-order chi connectivity index (χ1) is 18.8. The number of hydrogen-bond donors (Lipinski definition) is 2. The maximum Gasteiger partial charge on any atom is 0.226 e. The summed E-state index contributed by atoms with van der Waals surface area (Å²) in [7, 11) is 4.43. The summed E-state index contributed by atoms with van der Waals surface area (Å²) in [6.45, 7) is 2.00. The number of ether oxygens (including phenoxy) is 3. The van der Waals surface area contributed by atoms with Crippen molar-refractivity contribution in [1.29, 1.82) is 10.5 Å². The highest BCUT2D eigenvalue weighted by Crippen LogP contribution is 2.44. The van der Waals surface area contributed by atoms with E-state index in [4.69, 9.17) is 19.9 Å². The lowest BCUT2D eigenvalue weighted by molar-refractivity contribution is -0.115. The van der Waals surface area contributed by atoms with Gasteiger partial charge in [-0.05, 0) is 42.3 Å². The number of aromatic nitrogens is 2. The first-order valence-electron chi connectivity index (χ1n) is 11.6. The molecule has 2 heterocycles. The highest BCUT2D eigenvalue weighted by atomic mass is 32.2. The van der Waals surface area contributed by atoms with Crippen molar-refractivity contribution in [2.75, 3.05) is 38.1 Å². The van der Waals surface area contributed by atoms with Crippen LogP contribution in [0.25, 0.3) is 21.3 Å². The molecule has 2 aromatic heterocycles. The summed E-state index contributed by atoms with van der Waals surface area (Å²) < 4.78 is 17.3. The maximum absolute atomic E-state index is 12.6. The standard InChI is InChI=1S/C27H24N6O4S2/c1-14-5-6-18-21(9-14)39-27(31-18)32-22(34)7-8-38-26-17(13-29)23(16(12-28)25(30)33-26)15-10-19(35-2)24(37-4)20(11-15)36-3/h5-6,9-11H,7-8H2,1-4H3,(H2,30,33)(H,31,32,34). The smallest absolute Gasteiger partial charge is 0.226 e. The van der Waals surface area contributed by atoms with E-state index in [1.807, 2.05) is 25.1 Å². The van der Waals surface area contributed by atoms with E-state index in [0.29, 0.717) is 44.3 Å². The largest absolute Gasteiger partial charge is 0.493 e. The van der Waals surface area contributed by atoms with E-state index in [2.05, 4.69) is 27.4 Å². The molecule has 0 bridgehead atoms. The van der Waals surface area contributed by atoms with Crippen LogP contribution in [-0.2, 0) is 4.79 Å². The number of nitrogens with zero attached hydrogens (tertiary/aromatic N) is 4. The maximum atomic E-state index is 12.6. The normalized spacial score (nSPS) is 10.5. The van der Waals surface area contributed by atoms with Crippen molar-refractivity contribution in [2.24, 2.45) is 0 Å². The zero-order chi connectivity index (χ0) is 28.1. The Bertz CT molecular complexity index is 1630. The van der Waals surface area contributed by atoms with Gasteiger partial charge in [-0.1, -0.05) is 17.4 Å². The molecule has 4 aromatic rings. The Morgan fingerprint density at radius 2 is 1.74 bits per heavy atom. The van der Waals surface area contributed by atoms with Crippen LogP contribution in [0.3, 0.4) is 0 Å². The Balaban J connectivity index is 1.60. The van der Waals surface area contributed by atoms with Crippen LogP contribution in [0.15, 0.2) is 35.4 Å². The number of methoxy groups -OCH3 is 3. The van der Waals surface area contributed by atoms with Gasteiger partial charge in [-0.2, -0.15) is 10.5 Å². The van der Waals surface area contributed by atoms with Gasteiger partial charge in [0.15, 0.2) is 16.6 Å². The van der Waals surface area contributed by atoms with Crippen LogP contribution >= 0.6 is 23.1 Å². The van der Waals surface area contributed by atoms with E-state index in [0.717, 1.165) is 15.8 Å². The van der Waals surface area contributed by atoms with Crippen molar-refractivity contribution >= 4 is 50.2 Å². The quantitative estimate of drug-likeness (QED) is 0.263. The SMILES string of the molecule is COc1cc(-c2c(C#N)c(N)nc(SCCC(=O)Nc3nc4ccc(C)cc4s3)c2C#N)cc(OC)c1OC. The number of thioether (sulfide) groups is 1.